The predicted octanol–water partition coefficient (Wildman–Crippen LogP) is 14.3. The van der Waals surface area contributed by atoms with E-state index in [1.807, 2.05) is 0 Å². The Balaban J connectivity index is 1.12. The van der Waals surface area contributed by atoms with Crippen molar-refractivity contribution in [2.45, 2.75) is 0 Å². The number of hydrogen-bond acceptors (Lipinski definition) is 0. The molecule has 0 unspecified atom stereocenters. The number of benzene rings is 9. The molecule has 17 rings (SSSR count). The molecule has 0 fully saturated rings. The number of para-hydroxylation sites is 6. The van der Waals surface area contributed by atoms with E-state index in [0.29, 0.717) is 0 Å². The van der Waals surface area contributed by atoms with Gasteiger partial charge < -0.3 is 17.6 Å². The average Bonchev–Trinajstić information content (AvgIpc) is 4.15. The van der Waals surface area contributed by atoms with Crippen LogP contribution >= 0.6 is 0 Å². The first-order valence-corrected chi connectivity index (χ1v) is 20.3. The van der Waals surface area contributed by atoms with Crippen molar-refractivity contribution in [1.82, 2.24) is 17.6 Å². The first-order chi connectivity index (χ1) is 28.8. The van der Waals surface area contributed by atoms with Crippen molar-refractivity contribution >= 4 is 152 Å². The number of fused-ring (bicyclic) bond motifs is 26. The molecule has 58 heavy (non-hydrogen) atoms. The van der Waals surface area contributed by atoms with E-state index in [0.717, 1.165) is 0 Å². The highest BCUT2D eigenvalue weighted by Crippen LogP contribution is 2.51. The summed E-state index contributed by atoms with van der Waals surface area (Å²) in [7, 11) is 0. The summed E-state index contributed by atoms with van der Waals surface area (Å²) in [5.41, 5.74) is 15.4. The van der Waals surface area contributed by atoms with Crippen molar-refractivity contribution in [3.05, 3.63) is 158 Å². The summed E-state index contributed by atoms with van der Waals surface area (Å²) < 4.78 is 10.2. The first kappa shape index (κ1) is 27.7. The monoisotopic (exact) mass is 730 g/mol. The van der Waals surface area contributed by atoms with Crippen LogP contribution in [0.4, 0.5) is 0 Å². The minimum Gasteiger partial charge on any atom is -0.308 e. The quantitative estimate of drug-likeness (QED) is 0.148. The molecule has 262 valence electrons. The molecule has 0 radical (unpaired) electrons. The summed E-state index contributed by atoms with van der Waals surface area (Å²) in [5, 5.41) is 21.2. The van der Waals surface area contributed by atoms with Gasteiger partial charge in [0.25, 0.3) is 0 Å². The number of hydrogen-bond donors (Lipinski definition) is 0. The second-order valence-corrected chi connectivity index (χ2v) is 16.8. The number of aromatic nitrogens is 4. The minimum atomic E-state index is 1.26. The van der Waals surface area contributed by atoms with Crippen molar-refractivity contribution < 1.29 is 0 Å². The van der Waals surface area contributed by atoms with E-state index < -0.39 is 0 Å². The second kappa shape index (κ2) is 8.76. The fraction of sp³-hybridized carbons (Fsp3) is 0. The summed E-state index contributed by atoms with van der Waals surface area (Å²) in [5.74, 6) is 0. The molecule has 0 saturated carbocycles. The van der Waals surface area contributed by atoms with Crippen molar-refractivity contribution in [3.63, 3.8) is 0 Å². The van der Waals surface area contributed by atoms with Gasteiger partial charge in [0.1, 0.15) is 0 Å². The Hall–Kier alpha value is -7.82. The van der Waals surface area contributed by atoms with E-state index in [9.17, 15) is 0 Å². The Bertz CT molecular complexity index is 4420. The molecule has 0 atom stereocenters. The molecule has 0 spiro atoms. The highest BCUT2D eigenvalue weighted by molar-refractivity contribution is 6.40. The molecular formula is C54H26N4. The van der Waals surface area contributed by atoms with Gasteiger partial charge >= 0.3 is 0 Å². The zero-order chi connectivity index (χ0) is 36.9. The van der Waals surface area contributed by atoms with Crippen LogP contribution in [-0.2, 0) is 0 Å². The predicted molar refractivity (Wildman–Crippen MR) is 245 cm³/mol. The van der Waals surface area contributed by atoms with Crippen molar-refractivity contribution in [1.29, 1.82) is 0 Å². The van der Waals surface area contributed by atoms with Crippen LogP contribution in [0.15, 0.2) is 158 Å². The molecule has 0 aliphatic carbocycles. The fourth-order valence-electron chi connectivity index (χ4n) is 12.4. The highest BCUT2D eigenvalue weighted by atomic mass is 15.0. The zero-order valence-corrected chi connectivity index (χ0v) is 30.8. The Morgan fingerprint density at radius 1 is 0.190 bits per heavy atom. The third-order valence-electron chi connectivity index (χ3n) is 14.4. The van der Waals surface area contributed by atoms with Crippen LogP contribution in [0.1, 0.15) is 0 Å². The normalized spacial score (nSPS) is 13.5. The van der Waals surface area contributed by atoms with E-state index in [1.165, 1.54) is 152 Å². The van der Waals surface area contributed by atoms with Crippen LogP contribution in [-0.4, -0.2) is 17.6 Å². The van der Waals surface area contributed by atoms with Gasteiger partial charge in [-0.25, -0.2) is 0 Å². The van der Waals surface area contributed by atoms with Gasteiger partial charge in [-0.2, -0.15) is 0 Å². The van der Waals surface area contributed by atoms with Crippen LogP contribution < -0.4 is 0 Å². The summed E-state index contributed by atoms with van der Waals surface area (Å²) in [6.45, 7) is 0. The lowest BCUT2D eigenvalue weighted by atomic mass is 10.00. The molecule has 0 aliphatic heterocycles. The summed E-state index contributed by atoms with van der Waals surface area (Å²) in [6, 6.07) is 59.8. The number of rotatable bonds is 0. The molecule has 8 aromatic heterocycles. The van der Waals surface area contributed by atoms with E-state index >= 15 is 0 Å². The van der Waals surface area contributed by atoms with Gasteiger partial charge in [0.05, 0.1) is 66.2 Å². The number of nitrogens with zero attached hydrogens (tertiary/aromatic N) is 4. The second-order valence-electron chi connectivity index (χ2n) is 16.8. The lowest BCUT2D eigenvalue weighted by Gasteiger charge is -2.04. The van der Waals surface area contributed by atoms with E-state index in [4.69, 9.17) is 0 Å². The molecule has 8 heterocycles. The van der Waals surface area contributed by atoms with E-state index in [1.54, 1.807) is 0 Å². The van der Waals surface area contributed by atoms with Gasteiger partial charge in [-0.15, -0.1) is 0 Å². The smallest absolute Gasteiger partial charge is 0.0628 e. The Morgan fingerprint density at radius 2 is 0.552 bits per heavy atom. The minimum absolute atomic E-state index is 1.26. The maximum Gasteiger partial charge on any atom is 0.0628 e. The molecule has 0 amide bonds. The summed E-state index contributed by atoms with van der Waals surface area (Å²) in [6.07, 6.45) is 0. The molecule has 0 aliphatic rings. The lowest BCUT2D eigenvalue weighted by Crippen LogP contribution is -1.85. The van der Waals surface area contributed by atoms with Crippen LogP contribution in [0.25, 0.3) is 152 Å². The maximum absolute atomic E-state index is 2.60. The first-order valence-electron chi connectivity index (χ1n) is 20.3. The standard InChI is InChI=1S/C54H26N4/c1-5-19-39-27(11-1)37-24-45-47(49-31-13-3-7-21-41(31)55(39)53(37)49)33-17-9-15-29-35-23-36-30-16-10-18-34-48-46(58(52(30)34)44(36)26-43(35)57(45)51(29)33)25-38-28-12-2-6-20-40(28)56-42-22-8-4-14-32(42)50(48)54(38)56/h1-26H. The van der Waals surface area contributed by atoms with Crippen LogP contribution in [0.2, 0.25) is 0 Å². The zero-order valence-electron chi connectivity index (χ0n) is 30.8. The Labute approximate surface area is 326 Å². The van der Waals surface area contributed by atoms with Gasteiger partial charge in [0, 0.05) is 86.2 Å². The molecule has 4 nitrogen and oxygen atoms in total. The highest BCUT2D eigenvalue weighted by Gasteiger charge is 2.28. The lowest BCUT2D eigenvalue weighted by molar-refractivity contribution is 1.35. The van der Waals surface area contributed by atoms with Crippen molar-refractivity contribution in [2.24, 2.45) is 0 Å². The van der Waals surface area contributed by atoms with Gasteiger partial charge in [-0.05, 0) is 48.5 Å². The summed E-state index contributed by atoms with van der Waals surface area (Å²) in [4.78, 5) is 0. The van der Waals surface area contributed by atoms with Crippen LogP contribution in [0, 0.1) is 0 Å². The van der Waals surface area contributed by atoms with Crippen molar-refractivity contribution in [2.75, 3.05) is 0 Å². The SMILES string of the molecule is c1ccc2c(c1)c1cc3c(c4cccc5c6cc7c8cccc9c%10c%11c%12ccccc%12n%12c%13ccccc%13c(cc%10n(c7cc6n3c54)c89)c%11%12)c3c4ccccc4n2c13. The Morgan fingerprint density at radius 3 is 1.02 bits per heavy atom. The molecule has 9 aromatic carbocycles. The summed E-state index contributed by atoms with van der Waals surface area (Å²) >= 11 is 0. The van der Waals surface area contributed by atoms with Gasteiger partial charge in [-0.1, -0.05) is 109 Å². The fourth-order valence-corrected chi connectivity index (χ4v) is 12.4. The van der Waals surface area contributed by atoms with Crippen LogP contribution in [0.3, 0.4) is 0 Å². The molecule has 17 aromatic rings. The van der Waals surface area contributed by atoms with Gasteiger partial charge in [-0.3, -0.25) is 0 Å². The molecular weight excluding hydrogens is 705 g/mol. The van der Waals surface area contributed by atoms with Gasteiger partial charge in [0.15, 0.2) is 0 Å². The van der Waals surface area contributed by atoms with Crippen molar-refractivity contribution in [3.8, 4) is 0 Å². The van der Waals surface area contributed by atoms with Crippen LogP contribution in [0.5, 0.6) is 0 Å². The third-order valence-corrected chi connectivity index (χ3v) is 14.4. The van der Waals surface area contributed by atoms with Gasteiger partial charge in [0.2, 0.25) is 0 Å². The molecule has 4 heteroatoms. The largest absolute Gasteiger partial charge is 0.308 e. The maximum atomic E-state index is 2.60. The third kappa shape index (κ3) is 2.68. The Kier molecular flexibility index (Phi) is 4.18. The molecule has 0 saturated heterocycles. The van der Waals surface area contributed by atoms with E-state index in [2.05, 4.69) is 175 Å². The molecule has 0 N–H and O–H groups in total. The topological polar surface area (TPSA) is 17.6 Å². The average molecular weight is 731 g/mol. The molecule has 0 bridgehead atoms. The van der Waals surface area contributed by atoms with E-state index in [-0.39, 0.29) is 0 Å².